The van der Waals surface area contributed by atoms with Gasteiger partial charge in [0.25, 0.3) is 0 Å². The van der Waals surface area contributed by atoms with E-state index in [0.717, 1.165) is 4.47 Å². The van der Waals surface area contributed by atoms with Crippen LogP contribution in [0.1, 0.15) is 19.7 Å². The van der Waals surface area contributed by atoms with E-state index in [1.807, 2.05) is 13.8 Å². The molecule has 0 saturated heterocycles. The van der Waals surface area contributed by atoms with Crippen LogP contribution in [0.5, 0.6) is 0 Å². The molecule has 3 heteroatoms. The first-order valence-electron chi connectivity index (χ1n) is 3.52. The summed E-state index contributed by atoms with van der Waals surface area (Å²) in [5.74, 6) is 3.31. The summed E-state index contributed by atoms with van der Waals surface area (Å²) in [5, 5.41) is 0. The Morgan fingerprint density at radius 3 is 2.33 bits per heavy atom. The quantitative estimate of drug-likeness (QED) is 0.684. The van der Waals surface area contributed by atoms with Gasteiger partial charge in [-0.25, -0.2) is 9.97 Å². The fourth-order valence-electron chi connectivity index (χ4n) is 0.700. The molecule has 0 aliphatic rings. The second kappa shape index (κ2) is 3.24. The second-order valence-electron chi connectivity index (χ2n) is 2.99. The van der Waals surface area contributed by atoms with Crippen LogP contribution in [-0.4, -0.2) is 9.97 Å². The van der Waals surface area contributed by atoms with E-state index in [1.165, 1.54) is 0 Å². The van der Waals surface area contributed by atoms with Gasteiger partial charge in [0.1, 0.15) is 5.82 Å². The van der Waals surface area contributed by atoms with E-state index in [0.29, 0.717) is 5.82 Å². The number of halogens is 1. The Bertz CT molecular complexity index is 308. The first kappa shape index (κ1) is 9.21. The first-order chi connectivity index (χ1) is 5.56. The summed E-state index contributed by atoms with van der Waals surface area (Å²) in [7, 11) is 0. The number of hydrogen-bond acceptors (Lipinski definition) is 2. The molecule has 0 aliphatic heterocycles. The molecule has 0 saturated carbocycles. The third-order valence-corrected chi connectivity index (χ3v) is 1.95. The van der Waals surface area contributed by atoms with Crippen molar-refractivity contribution >= 4 is 15.9 Å². The maximum Gasteiger partial charge on any atom is 0.145 e. The lowest BCUT2D eigenvalue weighted by Gasteiger charge is -2.14. The van der Waals surface area contributed by atoms with E-state index >= 15 is 0 Å². The van der Waals surface area contributed by atoms with Crippen LogP contribution in [0, 0.1) is 12.3 Å². The lowest BCUT2D eigenvalue weighted by atomic mass is 9.94. The van der Waals surface area contributed by atoms with E-state index in [-0.39, 0.29) is 5.41 Å². The van der Waals surface area contributed by atoms with Crippen LogP contribution in [0.2, 0.25) is 0 Å². The molecule has 1 heterocycles. The zero-order valence-electron chi connectivity index (χ0n) is 7.00. The summed E-state index contributed by atoms with van der Waals surface area (Å²) in [6.07, 6.45) is 8.73. The zero-order valence-corrected chi connectivity index (χ0v) is 8.59. The number of terminal acetylenes is 1. The average molecular weight is 225 g/mol. The molecular weight excluding hydrogens is 216 g/mol. The lowest BCUT2D eigenvalue weighted by molar-refractivity contribution is 0.637. The zero-order chi connectivity index (χ0) is 9.19. The van der Waals surface area contributed by atoms with Gasteiger partial charge >= 0.3 is 0 Å². The number of aromatic nitrogens is 2. The molecule has 1 rings (SSSR count). The Kier molecular flexibility index (Phi) is 2.49. The molecular formula is C9H9BrN2. The highest BCUT2D eigenvalue weighted by atomic mass is 79.9. The topological polar surface area (TPSA) is 25.8 Å². The lowest BCUT2D eigenvalue weighted by Crippen LogP contribution is -2.17. The highest BCUT2D eigenvalue weighted by molar-refractivity contribution is 9.10. The minimum atomic E-state index is -0.388. The van der Waals surface area contributed by atoms with Crippen LogP contribution in [0.25, 0.3) is 0 Å². The van der Waals surface area contributed by atoms with Crippen molar-refractivity contribution in [2.24, 2.45) is 0 Å². The van der Waals surface area contributed by atoms with E-state index in [9.17, 15) is 0 Å². The van der Waals surface area contributed by atoms with Crippen molar-refractivity contribution in [1.82, 2.24) is 9.97 Å². The number of nitrogens with zero attached hydrogens (tertiary/aromatic N) is 2. The fourth-order valence-corrected chi connectivity index (χ4v) is 0.904. The molecule has 0 aliphatic carbocycles. The van der Waals surface area contributed by atoms with Gasteiger partial charge in [0, 0.05) is 12.4 Å². The Balaban J connectivity index is 3.07. The SMILES string of the molecule is C#CC(C)(C)c1ncc(Br)cn1. The smallest absolute Gasteiger partial charge is 0.145 e. The molecule has 0 unspecified atom stereocenters. The van der Waals surface area contributed by atoms with Crippen molar-refractivity contribution in [2.75, 3.05) is 0 Å². The van der Waals surface area contributed by atoms with E-state index in [2.05, 4.69) is 31.8 Å². The second-order valence-corrected chi connectivity index (χ2v) is 3.91. The van der Waals surface area contributed by atoms with E-state index < -0.39 is 0 Å². The molecule has 1 aromatic heterocycles. The first-order valence-corrected chi connectivity index (χ1v) is 4.31. The van der Waals surface area contributed by atoms with Gasteiger partial charge in [0.2, 0.25) is 0 Å². The Morgan fingerprint density at radius 2 is 1.92 bits per heavy atom. The van der Waals surface area contributed by atoms with Gasteiger partial charge in [0.05, 0.1) is 9.89 Å². The van der Waals surface area contributed by atoms with Crippen LogP contribution in [0.15, 0.2) is 16.9 Å². The van der Waals surface area contributed by atoms with Crippen molar-refractivity contribution in [2.45, 2.75) is 19.3 Å². The Morgan fingerprint density at radius 1 is 1.42 bits per heavy atom. The summed E-state index contributed by atoms with van der Waals surface area (Å²) in [6, 6.07) is 0. The Labute approximate surface area is 80.6 Å². The van der Waals surface area contributed by atoms with Crippen molar-refractivity contribution in [3.05, 3.63) is 22.7 Å². The number of rotatable bonds is 1. The standard InChI is InChI=1S/C9H9BrN2/c1-4-9(2,3)8-11-5-7(10)6-12-8/h1,5-6H,2-3H3. The highest BCUT2D eigenvalue weighted by Gasteiger charge is 2.19. The largest absolute Gasteiger partial charge is 0.239 e. The molecule has 0 aromatic carbocycles. The fraction of sp³-hybridized carbons (Fsp3) is 0.333. The molecule has 0 radical (unpaired) electrons. The molecule has 0 bridgehead atoms. The van der Waals surface area contributed by atoms with Crippen molar-refractivity contribution in [3.63, 3.8) is 0 Å². The van der Waals surface area contributed by atoms with Gasteiger partial charge in [-0.2, -0.15) is 0 Å². The summed E-state index contributed by atoms with van der Waals surface area (Å²) in [4.78, 5) is 8.24. The van der Waals surface area contributed by atoms with Gasteiger partial charge < -0.3 is 0 Å². The van der Waals surface area contributed by atoms with Crippen LogP contribution >= 0.6 is 15.9 Å². The summed E-state index contributed by atoms with van der Waals surface area (Å²) >= 11 is 3.26. The third kappa shape index (κ3) is 1.83. The molecule has 0 N–H and O–H groups in total. The van der Waals surface area contributed by atoms with E-state index in [4.69, 9.17) is 6.42 Å². The minimum absolute atomic E-state index is 0.388. The van der Waals surface area contributed by atoms with Crippen molar-refractivity contribution in [3.8, 4) is 12.3 Å². The summed E-state index contributed by atoms with van der Waals surface area (Å²) < 4.78 is 0.860. The molecule has 2 nitrogen and oxygen atoms in total. The van der Waals surface area contributed by atoms with Crippen LogP contribution in [0.3, 0.4) is 0 Å². The predicted molar refractivity (Wildman–Crippen MR) is 51.6 cm³/mol. The molecule has 1 aromatic rings. The van der Waals surface area contributed by atoms with Gasteiger partial charge in [-0.1, -0.05) is 5.92 Å². The summed E-state index contributed by atoms with van der Waals surface area (Å²) in [6.45, 7) is 3.83. The number of hydrogen-bond donors (Lipinski definition) is 0. The molecule has 0 amide bonds. The highest BCUT2D eigenvalue weighted by Crippen LogP contribution is 2.18. The minimum Gasteiger partial charge on any atom is -0.239 e. The molecule has 0 spiro atoms. The van der Waals surface area contributed by atoms with Crippen LogP contribution in [0.4, 0.5) is 0 Å². The van der Waals surface area contributed by atoms with Crippen LogP contribution in [-0.2, 0) is 5.41 Å². The van der Waals surface area contributed by atoms with Crippen molar-refractivity contribution in [1.29, 1.82) is 0 Å². The molecule has 0 atom stereocenters. The van der Waals surface area contributed by atoms with Gasteiger partial charge in [-0.15, -0.1) is 6.42 Å². The molecule has 12 heavy (non-hydrogen) atoms. The summed E-state index contributed by atoms with van der Waals surface area (Å²) in [5.41, 5.74) is -0.388. The third-order valence-electron chi connectivity index (χ3n) is 1.54. The molecule has 62 valence electrons. The van der Waals surface area contributed by atoms with Crippen LogP contribution < -0.4 is 0 Å². The molecule has 0 fully saturated rings. The Hall–Kier alpha value is -0.880. The predicted octanol–water partition coefficient (Wildman–Crippen LogP) is 2.15. The monoisotopic (exact) mass is 224 g/mol. The maximum atomic E-state index is 5.33. The maximum absolute atomic E-state index is 5.33. The van der Waals surface area contributed by atoms with Crippen molar-refractivity contribution < 1.29 is 0 Å². The average Bonchev–Trinajstić information content (AvgIpc) is 2.05. The normalized spacial score (nSPS) is 10.8. The van der Waals surface area contributed by atoms with E-state index in [1.54, 1.807) is 12.4 Å². The van der Waals surface area contributed by atoms with Gasteiger partial charge in [0.15, 0.2) is 0 Å². The van der Waals surface area contributed by atoms with Gasteiger partial charge in [-0.3, -0.25) is 0 Å². The van der Waals surface area contributed by atoms with Gasteiger partial charge in [-0.05, 0) is 29.8 Å².